The molecule has 0 aliphatic heterocycles. The zero-order valence-corrected chi connectivity index (χ0v) is 20.1. The predicted molar refractivity (Wildman–Crippen MR) is 135 cm³/mol. The van der Waals surface area contributed by atoms with E-state index in [2.05, 4.69) is 13.0 Å². The Morgan fingerprint density at radius 2 is 1.91 bits per heavy atom. The number of hydrogen-bond donors (Lipinski definition) is 0. The maximum Gasteiger partial charge on any atom is 0.210 e. The van der Waals surface area contributed by atoms with Crippen molar-refractivity contribution in [1.29, 1.82) is 5.26 Å². The highest BCUT2D eigenvalue weighted by Gasteiger charge is 2.12. The van der Waals surface area contributed by atoms with Crippen LogP contribution in [0.25, 0.3) is 32.9 Å². The maximum absolute atomic E-state index is 8.87. The van der Waals surface area contributed by atoms with Crippen LogP contribution >= 0.6 is 22.7 Å². The lowest BCUT2D eigenvalue weighted by molar-refractivity contribution is 0.368. The molecule has 0 bridgehead atoms. The van der Waals surface area contributed by atoms with Gasteiger partial charge in [-0.3, -0.25) is 0 Å². The van der Waals surface area contributed by atoms with Gasteiger partial charge in [-0.05, 0) is 60.8 Å². The number of nitriles is 1. The second-order valence-electron chi connectivity index (χ2n) is 7.32. The van der Waals surface area contributed by atoms with Gasteiger partial charge in [-0.1, -0.05) is 17.4 Å². The van der Waals surface area contributed by atoms with Gasteiger partial charge in [0.15, 0.2) is 6.61 Å². The van der Waals surface area contributed by atoms with E-state index in [1.54, 1.807) is 35.8 Å². The lowest BCUT2D eigenvalue weighted by atomic mass is 10.1. The average molecular weight is 486 g/mol. The highest BCUT2D eigenvalue weighted by atomic mass is 32.1. The van der Waals surface area contributed by atoms with Crippen molar-refractivity contribution in [3.63, 3.8) is 0 Å². The number of thiazole rings is 1. The molecule has 0 N–H and O–H groups in total. The molecule has 0 saturated carbocycles. The summed E-state index contributed by atoms with van der Waals surface area (Å²) >= 11 is 3.21. The van der Waals surface area contributed by atoms with Crippen LogP contribution < -0.4 is 14.8 Å². The van der Waals surface area contributed by atoms with Gasteiger partial charge in [-0.15, -0.1) is 11.3 Å². The van der Waals surface area contributed by atoms with Crippen LogP contribution in [0.1, 0.15) is 4.88 Å². The number of methoxy groups -OCH3 is 1. The predicted octanol–water partition coefficient (Wildman–Crippen LogP) is 6.74. The summed E-state index contributed by atoms with van der Waals surface area (Å²) in [5.74, 6) is 2.02. The number of nitrogens with zero attached hydrogens (tertiary/aromatic N) is 3. The SMILES string of the molecule is COc1ccc(-c2cc(=Nc3nc(-c4cccs4)c(C)s3)c3cc(OCC#N)ccc3o2)cc1. The van der Waals surface area contributed by atoms with E-state index in [-0.39, 0.29) is 6.61 Å². The summed E-state index contributed by atoms with van der Waals surface area (Å²) in [6.45, 7) is 2.02. The van der Waals surface area contributed by atoms with Gasteiger partial charge in [0.05, 0.1) is 23.0 Å². The van der Waals surface area contributed by atoms with Crippen LogP contribution in [0, 0.1) is 18.3 Å². The Balaban J connectivity index is 1.68. The maximum atomic E-state index is 8.87. The molecule has 0 amide bonds. The number of aryl methyl sites for hydroxylation is 1. The summed E-state index contributed by atoms with van der Waals surface area (Å²) in [6.07, 6.45) is 0. The van der Waals surface area contributed by atoms with Crippen molar-refractivity contribution in [2.75, 3.05) is 13.7 Å². The first kappa shape index (κ1) is 21.9. The minimum atomic E-state index is -0.0328. The molecule has 3 heterocycles. The highest BCUT2D eigenvalue weighted by molar-refractivity contribution is 7.17. The van der Waals surface area contributed by atoms with Crippen LogP contribution in [0.15, 0.2) is 75.5 Å². The molecule has 0 radical (unpaired) electrons. The molecule has 0 saturated heterocycles. The van der Waals surface area contributed by atoms with Gasteiger partial charge in [-0.25, -0.2) is 9.98 Å². The topological polar surface area (TPSA) is 80.6 Å². The van der Waals surface area contributed by atoms with E-state index >= 15 is 0 Å². The zero-order valence-electron chi connectivity index (χ0n) is 18.4. The third-order valence-corrected chi connectivity index (χ3v) is 6.89. The molecule has 168 valence electrons. The molecule has 3 aromatic heterocycles. The Kier molecular flexibility index (Phi) is 6.12. The summed E-state index contributed by atoms with van der Waals surface area (Å²) in [6, 6.07) is 21.1. The van der Waals surface area contributed by atoms with Gasteiger partial charge >= 0.3 is 0 Å². The molecule has 2 aromatic carbocycles. The normalized spacial score (nSPS) is 11.5. The number of hydrogen-bond acceptors (Lipinski definition) is 8. The van der Waals surface area contributed by atoms with E-state index in [1.165, 1.54) is 0 Å². The number of aromatic nitrogens is 1. The van der Waals surface area contributed by atoms with Crippen molar-refractivity contribution in [2.24, 2.45) is 4.99 Å². The number of benzene rings is 2. The van der Waals surface area contributed by atoms with Gasteiger partial charge in [0.1, 0.15) is 28.9 Å². The van der Waals surface area contributed by atoms with E-state index in [0.29, 0.717) is 27.6 Å². The van der Waals surface area contributed by atoms with Crippen LogP contribution in [-0.4, -0.2) is 18.7 Å². The fourth-order valence-corrected chi connectivity index (χ4v) is 5.16. The van der Waals surface area contributed by atoms with Crippen molar-refractivity contribution in [1.82, 2.24) is 4.98 Å². The Hall–Kier alpha value is -3.93. The molecule has 0 aliphatic carbocycles. The molecule has 34 heavy (non-hydrogen) atoms. The van der Waals surface area contributed by atoms with Gasteiger partial charge < -0.3 is 13.9 Å². The molecule has 5 aromatic rings. The van der Waals surface area contributed by atoms with E-state index in [9.17, 15) is 0 Å². The molecule has 0 spiro atoms. The van der Waals surface area contributed by atoms with Gasteiger partial charge in [0.25, 0.3) is 0 Å². The van der Waals surface area contributed by atoms with Crippen LogP contribution in [0.3, 0.4) is 0 Å². The lowest BCUT2D eigenvalue weighted by Crippen LogP contribution is -2.04. The third-order valence-electron chi connectivity index (χ3n) is 5.15. The van der Waals surface area contributed by atoms with E-state index in [0.717, 1.165) is 32.1 Å². The van der Waals surface area contributed by atoms with Crippen LogP contribution in [0.4, 0.5) is 5.13 Å². The molecule has 5 rings (SSSR count). The quantitative estimate of drug-likeness (QED) is 0.266. The fraction of sp³-hybridized carbons (Fsp3) is 0.115. The smallest absolute Gasteiger partial charge is 0.210 e. The Labute approximate surface area is 204 Å². The Bertz CT molecular complexity index is 1560. The molecule has 6 nitrogen and oxygen atoms in total. The molecule has 0 unspecified atom stereocenters. The van der Waals surface area contributed by atoms with Crippen molar-refractivity contribution >= 4 is 38.8 Å². The van der Waals surface area contributed by atoms with E-state index in [1.807, 2.05) is 60.0 Å². The molecule has 0 atom stereocenters. The number of ether oxygens (including phenoxy) is 2. The third kappa shape index (κ3) is 4.44. The van der Waals surface area contributed by atoms with Crippen molar-refractivity contribution in [3.05, 3.63) is 76.3 Å². The number of fused-ring (bicyclic) bond motifs is 1. The van der Waals surface area contributed by atoms with E-state index in [4.69, 9.17) is 29.1 Å². The molecule has 0 fully saturated rings. The highest BCUT2D eigenvalue weighted by Crippen LogP contribution is 2.34. The van der Waals surface area contributed by atoms with E-state index < -0.39 is 0 Å². The number of thiophene rings is 1. The minimum absolute atomic E-state index is 0.0328. The first-order valence-electron chi connectivity index (χ1n) is 10.4. The summed E-state index contributed by atoms with van der Waals surface area (Å²) in [5, 5.41) is 13.1. The summed E-state index contributed by atoms with van der Waals surface area (Å²) < 4.78 is 17.0. The van der Waals surface area contributed by atoms with Gasteiger partial charge in [0, 0.05) is 21.9 Å². The molecule has 8 heteroatoms. The average Bonchev–Trinajstić information content (AvgIpc) is 3.52. The second-order valence-corrected chi connectivity index (χ2v) is 9.45. The van der Waals surface area contributed by atoms with Crippen LogP contribution in [0.5, 0.6) is 11.5 Å². The summed E-state index contributed by atoms with van der Waals surface area (Å²) in [5.41, 5.74) is 2.51. The van der Waals surface area contributed by atoms with Crippen LogP contribution in [-0.2, 0) is 0 Å². The lowest BCUT2D eigenvalue weighted by Gasteiger charge is -2.07. The molecular formula is C26H19N3O3S2. The first-order chi connectivity index (χ1) is 16.6. The summed E-state index contributed by atoms with van der Waals surface area (Å²) in [7, 11) is 1.64. The van der Waals surface area contributed by atoms with Crippen LogP contribution in [0.2, 0.25) is 0 Å². The molecular weight excluding hydrogens is 466 g/mol. The molecule has 0 aliphatic rings. The standard InChI is InChI=1S/C26H19N3O3S2/c1-16-25(24-4-3-13-33-24)29-26(34-16)28-21-15-23(17-5-7-18(30-2)8-6-17)32-22-10-9-19(14-20(21)22)31-12-11-27/h3-10,13-15H,12H2,1-2H3. The first-order valence-corrected chi connectivity index (χ1v) is 12.1. The Morgan fingerprint density at radius 3 is 2.65 bits per heavy atom. The van der Waals surface area contributed by atoms with Crippen molar-refractivity contribution in [2.45, 2.75) is 6.92 Å². The minimum Gasteiger partial charge on any atom is -0.497 e. The fourth-order valence-electron chi connectivity index (χ4n) is 3.52. The van der Waals surface area contributed by atoms with Gasteiger partial charge in [-0.2, -0.15) is 5.26 Å². The van der Waals surface area contributed by atoms with Crippen molar-refractivity contribution in [3.8, 4) is 39.5 Å². The second kappa shape index (κ2) is 9.51. The zero-order chi connectivity index (χ0) is 23.5. The Morgan fingerprint density at radius 1 is 1.09 bits per heavy atom. The monoisotopic (exact) mass is 485 g/mol. The summed E-state index contributed by atoms with van der Waals surface area (Å²) in [4.78, 5) is 11.9. The van der Waals surface area contributed by atoms with Gasteiger partial charge in [0.2, 0.25) is 5.13 Å². The van der Waals surface area contributed by atoms with Crippen molar-refractivity contribution < 1.29 is 13.9 Å². The number of rotatable bonds is 6. The largest absolute Gasteiger partial charge is 0.497 e.